The van der Waals surface area contributed by atoms with Gasteiger partial charge in [-0.05, 0) is 18.2 Å². The van der Waals surface area contributed by atoms with Crippen LogP contribution in [0.4, 0.5) is 22.0 Å². The smallest absolute Gasteiger partial charge is 0.314 e. The van der Waals surface area contributed by atoms with Crippen molar-refractivity contribution in [1.29, 1.82) is 0 Å². The zero-order valence-corrected chi connectivity index (χ0v) is 11.2. The van der Waals surface area contributed by atoms with Gasteiger partial charge in [-0.3, -0.25) is 4.90 Å². The second-order valence-electron chi connectivity index (χ2n) is 4.40. The van der Waals surface area contributed by atoms with Crippen LogP contribution in [0.2, 0.25) is 0 Å². The van der Waals surface area contributed by atoms with Gasteiger partial charge >= 0.3 is 6.18 Å². The van der Waals surface area contributed by atoms with Crippen LogP contribution in [0.15, 0.2) is 18.2 Å². The maximum Gasteiger partial charge on any atom is 0.408 e. The largest absolute Gasteiger partial charge is 0.408 e. The standard InChI is InChI=1S/C12H13F5N2.ClH/c13-8-1-2-10(14)9(7-8)11(12(15,16)17)19-5-3-18-4-6-19;/h1-2,7,11,18H,3-6H2;1H/t11-;/m1./s1. The molecule has 114 valence electrons. The minimum Gasteiger partial charge on any atom is -0.314 e. The third-order valence-corrected chi connectivity index (χ3v) is 3.08. The molecule has 8 heteroatoms. The summed E-state index contributed by atoms with van der Waals surface area (Å²) >= 11 is 0. The summed E-state index contributed by atoms with van der Waals surface area (Å²) in [5, 5.41) is 2.92. The zero-order chi connectivity index (χ0) is 14.0. The van der Waals surface area contributed by atoms with Crippen LogP contribution in [0.5, 0.6) is 0 Å². The number of alkyl halides is 3. The van der Waals surface area contributed by atoms with Crippen molar-refractivity contribution in [2.24, 2.45) is 0 Å². The fourth-order valence-corrected chi connectivity index (χ4v) is 2.24. The Hall–Kier alpha value is -0.920. The van der Waals surface area contributed by atoms with Crippen LogP contribution in [-0.4, -0.2) is 37.3 Å². The van der Waals surface area contributed by atoms with Gasteiger partial charge in [0.05, 0.1) is 0 Å². The van der Waals surface area contributed by atoms with Gasteiger partial charge in [-0.25, -0.2) is 8.78 Å². The van der Waals surface area contributed by atoms with E-state index in [1.54, 1.807) is 0 Å². The van der Waals surface area contributed by atoms with Crippen LogP contribution in [0.25, 0.3) is 0 Å². The maximum absolute atomic E-state index is 13.6. The molecule has 1 atom stereocenters. The molecule has 0 bridgehead atoms. The summed E-state index contributed by atoms with van der Waals surface area (Å²) in [6.07, 6.45) is -4.65. The van der Waals surface area contributed by atoms with Crippen molar-refractivity contribution in [3.05, 3.63) is 35.4 Å². The van der Waals surface area contributed by atoms with Gasteiger partial charge in [-0.1, -0.05) is 0 Å². The highest BCUT2D eigenvalue weighted by atomic mass is 35.5. The van der Waals surface area contributed by atoms with Crippen molar-refractivity contribution in [1.82, 2.24) is 10.2 Å². The number of nitrogens with one attached hydrogen (secondary N) is 1. The minimum absolute atomic E-state index is 0. The number of benzene rings is 1. The Morgan fingerprint density at radius 1 is 1.10 bits per heavy atom. The van der Waals surface area contributed by atoms with E-state index in [9.17, 15) is 22.0 Å². The Kier molecular flexibility index (Phi) is 5.73. The molecule has 1 saturated heterocycles. The first-order valence-electron chi connectivity index (χ1n) is 5.86. The third-order valence-electron chi connectivity index (χ3n) is 3.08. The second kappa shape index (κ2) is 6.69. The van der Waals surface area contributed by atoms with Crippen LogP contribution in [0.1, 0.15) is 11.6 Å². The molecule has 2 nitrogen and oxygen atoms in total. The molecule has 1 aliphatic rings. The molecular formula is C12H14ClF5N2. The van der Waals surface area contributed by atoms with E-state index in [1.807, 2.05) is 0 Å². The Morgan fingerprint density at radius 2 is 1.70 bits per heavy atom. The molecule has 1 aromatic carbocycles. The molecule has 20 heavy (non-hydrogen) atoms. The summed E-state index contributed by atoms with van der Waals surface area (Å²) in [5.74, 6) is -1.91. The topological polar surface area (TPSA) is 15.3 Å². The average molecular weight is 317 g/mol. The van der Waals surface area contributed by atoms with Gasteiger partial charge in [0.25, 0.3) is 0 Å². The van der Waals surface area contributed by atoms with E-state index in [0.717, 1.165) is 17.0 Å². The van der Waals surface area contributed by atoms with Gasteiger partial charge in [-0.15, -0.1) is 12.4 Å². The number of hydrogen-bond donors (Lipinski definition) is 1. The number of nitrogens with zero attached hydrogens (tertiary/aromatic N) is 1. The lowest BCUT2D eigenvalue weighted by atomic mass is 10.0. The van der Waals surface area contributed by atoms with E-state index in [4.69, 9.17) is 0 Å². The number of halogens is 6. The van der Waals surface area contributed by atoms with Crippen molar-refractivity contribution in [2.45, 2.75) is 12.2 Å². The lowest BCUT2D eigenvalue weighted by Crippen LogP contribution is -2.49. The van der Waals surface area contributed by atoms with Crippen LogP contribution < -0.4 is 5.32 Å². The third kappa shape index (κ3) is 3.80. The van der Waals surface area contributed by atoms with Gasteiger partial charge in [0.1, 0.15) is 17.7 Å². The van der Waals surface area contributed by atoms with Crippen molar-refractivity contribution in [3.63, 3.8) is 0 Å². The fraction of sp³-hybridized carbons (Fsp3) is 0.500. The molecule has 1 aliphatic heterocycles. The fourth-order valence-electron chi connectivity index (χ4n) is 2.24. The van der Waals surface area contributed by atoms with E-state index < -0.39 is 29.4 Å². The summed E-state index contributed by atoms with van der Waals surface area (Å²) in [6, 6.07) is 0.0517. The predicted octanol–water partition coefficient (Wildman–Crippen LogP) is 2.90. The Labute approximate surface area is 119 Å². The van der Waals surface area contributed by atoms with Gasteiger partial charge in [0.2, 0.25) is 0 Å². The molecular weight excluding hydrogens is 303 g/mol. The average Bonchev–Trinajstić information content (AvgIpc) is 2.33. The summed E-state index contributed by atoms with van der Waals surface area (Å²) in [5.41, 5.74) is -0.658. The SMILES string of the molecule is Cl.Fc1ccc(F)c([C@@H](N2CCNCC2)C(F)(F)F)c1. The Morgan fingerprint density at radius 3 is 2.25 bits per heavy atom. The van der Waals surface area contributed by atoms with Gasteiger partial charge in [-0.2, -0.15) is 13.2 Å². The molecule has 0 amide bonds. The molecule has 1 aromatic rings. The molecule has 0 aliphatic carbocycles. The first-order chi connectivity index (χ1) is 8.89. The van der Waals surface area contributed by atoms with Gasteiger partial charge in [0, 0.05) is 31.7 Å². The summed E-state index contributed by atoms with van der Waals surface area (Å²) in [4.78, 5) is 1.12. The highest BCUT2D eigenvalue weighted by Gasteiger charge is 2.46. The van der Waals surface area contributed by atoms with Crippen LogP contribution in [0.3, 0.4) is 0 Å². The number of hydrogen-bond acceptors (Lipinski definition) is 2. The molecule has 2 rings (SSSR count). The normalized spacial score (nSPS) is 18.4. The quantitative estimate of drug-likeness (QED) is 0.844. The Balaban J connectivity index is 0.00000200. The molecule has 1 heterocycles. The van der Waals surface area contributed by atoms with Gasteiger partial charge in [0.15, 0.2) is 0 Å². The predicted molar refractivity (Wildman–Crippen MR) is 66.8 cm³/mol. The highest BCUT2D eigenvalue weighted by molar-refractivity contribution is 5.85. The molecule has 0 radical (unpaired) electrons. The lowest BCUT2D eigenvalue weighted by molar-refractivity contribution is -0.188. The monoisotopic (exact) mass is 316 g/mol. The van der Waals surface area contributed by atoms with Crippen molar-refractivity contribution in [3.8, 4) is 0 Å². The molecule has 0 unspecified atom stereocenters. The first kappa shape index (κ1) is 17.1. The molecule has 1 N–H and O–H groups in total. The van der Waals surface area contributed by atoms with E-state index in [-0.39, 0.29) is 25.5 Å². The first-order valence-corrected chi connectivity index (χ1v) is 5.86. The molecule has 0 aromatic heterocycles. The van der Waals surface area contributed by atoms with Gasteiger partial charge < -0.3 is 5.32 Å². The second-order valence-corrected chi connectivity index (χ2v) is 4.40. The van der Waals surface area contributed by atoms with Crippen molar-refractivity contribution >= 4 is 12.4 Å². The number of rotatable bonds is 2. The Bertz CT molecular complexity index is 446. The maximum atomic E-state index is 13.6. The van der Waals surface area contributed by atoms with Crippen LogP contribution in [-0.2, 0) is 0 Å². The van der Waals surface area contributed by atoms with Crippen molar-refractivity contribution < 1.29 is 22.0 Å². The minimum atomic E-state index is -4.65. The zero-order valence-electron chi connectivity index (χ0n) is 10.4. The van der Waals surface area contributed by atoms with Crippen LogP contribution in [0, 0.1) is 11.6 Å². The van der Waals surface area contributed by atoms with E-state index in [0.29, 0.717) is 19.2 Å². The van der Waals surface area contributed by atoms with Crippen molar-refractivity contribution in [2.75, 3.05) is 26.2 Å². The molecule has 0 saturated carbocycles. The summed E-state index contributed by atoms with van der Waals surface area (Å²) in [6.45, 7) is 1.06. The lowest BCUT2D eigenvalue weighted by Gasteiger charge is -2.36. The highest BCUT2D eigenvalue weighted by Crippen LogP contribution is 2.39. The molecule has 1 fully saturated rings. The van der Waals surface area contributed by atoms with E-state index in [1.165, 1.54) is 0 Å². The van der Waals surface area contributed by atoms with E-state index in [2.05, 4.69) is 5.32 Å². The van der Waals surface area contributed by atoms with E-state index >= 15 is 0 Å². The molecule has 0 spiro atoms. The summed E-state index contributed by atoms with van der Waals surface area (Å²) < 4.78 is 66.1. The summed E-state index contributed by atoms with van der Waals surface area (Å²) in [7, 11) is 0. The van der Waals surface area contributed by atoms with Crippen LogP contribution >= 0.6 is 12.4 Å². The number of piperazine rings is 1.